The second kappa shape index (κ2) is 3.59. The van der Waals surface area contributed by atoms with Crippen molar-refractivity contribution in [1.82, 2.24) is 4.98 Å². The SMILES string of the molecule is COC(=O)c1ccc2c(C#N)c(N)[nH]c2c1. The third-order valence-corrected chi connectivity index (χ3v) is 2.36. The fraction of sp³-hybridized carbons (Fsp3) is 0.0909. The highest BCUT2D eigenvalue weighted by atomic mass is 16.5. The second-order valence-electron chi connectivity index (χ2n) is 3.28. The normalized spacial score (nSPS) is 10.0. The van der Waals surface area contributed by atoms with E-state index in [-0.39, 0.29) is 0 Å². The number of nitrogens with two attached hydrogens (primary N) is 1. The number of carbonyl (C=O) groups excluding carboxylic acids is 1. The van der Waals surface area contributed by atoms with Crippen LogP contribution in [0.15, 0.2) is 18.2 Å². The van der Waals surface area contributed by atoms with Gasteiger partial charge in [-0.3, -0.25) is 0 Å². The van der Waals surface area contributed by atoms with E-state index >= 15 is 0 Å². The Balaban J connectivity index is 2.66. The van der Waals surface area contributed by atoms with E-state index in [1.807, 2.05) is 6.07 Å². The van der Waals surface area contributed by atoms with Gasteiger partial charge in [0.25, 0.3) is 0 Å². The largest absolute Gasteiger partial charge is 0.465 e. The Morgan fingerprint density at radius 1 is 1.56 bits per heavy atom. The van der Waals surface area contributed by atoms with E-state index in [0.717, 1.165) is 0 Å². The third-order valence-electron chi connectivity index (χ3n) is 2.36. The Labute approximate surface area is 91.4 Å². The smallest absolute Gasteiger partial charge is 0.337 e. The first-order chi connectivity index (χ1) is 7.67. The number of benzene rings is 1. The Morgan fingerprint density at radius 3 is 2.94 bits per heavy atom. The Kier molecular flexibility index (Phi) is 2.25. The molecule has 5 heteroatoms. The predicted octanol–water partition coefficient (Wildman–Crippen LogP) is 1.41. The number of fused-ring (bicyclic) bond motifs is 1. The number of aromatic amines is 1. The van der Waals surface area contributed by atoms with Crippen LogP contribution >= 0.6 is 0 Å². The number of H-pyrrole nitrogens is 1. The van der Waals surface area contributed by atoms with Crippen LogP contribution in [0.4, 0.5) is 5.82 Å². The van der Waals surface area contributed by atoms with Crippen molar-refractivity contribution in [2.45, 2.75) is 0 Å². The number of carbonyl (C=O) groups is 1. The molecule has 0 spiro atoms. The van der Waals surface area contributed by atoms with Crippen LogP contribution in [-0.4, -0.2) is 18.1 Å². The van der Waals surface area contributed by atoms with Crippen LogP contribution in [0, 0.1) is 11.3 Å². The van der Waals surface area contributed by atoms with Crippen molar-refractivity contribution in [1.29, 1.82) is 5.26 Å². The number of esters is 1. The van der Waals surface area contributed by atoms with Gasteiger partial charge in [0.1, 0.15) is 17.5 Å². The van der Waals surface area contributed by atoms with E-state index in [2.05, 4.69) is 9.72 Å². The summed E-state index contributed by atoms with van der Waals surface area (Å²) in [6.07, 6.45) is 0. The minimum absolute atomic E-state index is 0.305. The number of nitrogen functional groups attached to an aromatic ring is 1. The maximum Gasteiger partial charge on any atom is 0.337 e. The molecule has 16 heavy (non-hydrogen) atoms. The highest BCUT2D eigenvalue weighted by Crippen LogP contribution is 2.24. The molecule has 2 rings (SSSR count). The molecular weight excluding hydrogens is 206 g/mol. The van der Waals surface area contributed by atoms with Crippen LogP contribution in [0.1, 0.15) is 15.9 Å². The number of methoxy groups -OCH3 is 1. The molecule has 0 aliphatic heterocycles. The molecule has 0 radical (unpaired) electrons. The van der Waals surface area contributed by atoms with Crippen molar-refractivity contribution in [3.63, 3.8) is 0 Å². The molecule has 1 aromatic heterocycles. The van der Waals surface area contributed by atoms with Crippen molar-refractivity contribution in [2.75, 3.05) is 12.8 Å². The Bertz CT molecular complexity index is 607. The number of ether oxygens (including phenoxy) is 1. The molecule has 0 saturated carbocycles. The molecule has 3 N–H and O–H groups in total. The summed E-state index contributed by atoms with van der Waals surface area (Å²) in [5.74, 6) is -0.118. The number of hydrogen-bond acceptors (Lipinski definition) is 4. The maximum absolute atomic E-state index is 11.3. The quantitative estimate of drug-likeness (QED) is 0.703. The summed E-state index contributed by atoms with van der Waals surface area (Å²) in [6, 6.07) is 6.89. The first kappa shape index (κ1) is 10.1. The summed E-state index contributed by atoms with van der Waals surface area (Å²) in [6.45, 7) is 0. The van der Waals surface area contributed by atoms with Crippen LogP contribution in [0.3, 0.4) is 0 Å². The van der Waals surface area contributed by atoms with Crippen LogP contribution < -0.4 is 5.73 Å². The number of nitrogens with zero attached hydrogens (tertiary/aromatic N) is 1. The lowest BCUT2D eigenvalue weighted by Gasteiger charge is -1.98. The lowest BCUT2D eigenvalue weighted by atomic mass is 10.1. The van der Waals surface area contributed by atoms with Gasteiger partial charge in [0, 0.05) is 10.9 Å². The zero-order valence-electron chi connectivity index (χ0n) is 8.57. The van der Waals surface area contributed by atoms with Gasteiger partial charge in [-0.05, 0) is 12.1 Å². The first-order valence-electron chi connectivity index (χ1n) is 4.57. The van der Waals surface area contributed by atoms with E-state index in [4.69, 9.17) is 11.0 Å². The van der Waals surface area contributed by atoms with E-state index in [9.17, 15) is 4.79 Å². The van der Waals surface area contributed by atoms with Gasteiger partial charge in [-0.2, -0.15) is 5.26 Å². The molecule has 2 aromatic rings. The lowest BCUT2D eigenvalue weighted by molar-refractivity contribution is 0.0601. The minimum atomic E-state index is -0.423. The molecular formula is C11H9N3O2. The van der Waals surface area contributed by atoms with Crippen molar-refractivity contribution in [3.05, 3.63) is 29.3 Å². The number of nitrogens with one attached hydrogen (secondary N) is 1. The van der Waals surface area contributed by atoms with Crippen molar-refractivity contribution < 1.29 is 9.53 Å². The van der Waals surface area contributed by atoms with Gasteiger partial charge < -0.3 is 15.5 Å². The highest BCUT2D eigenvalue weighted by molar-refractivity contribution is 5.97. The average Bonchev–Trinajstić information content (AvgIpc) is 2.62. The molecule has 5 nitrogen and oxygen atoms in total. The fourth-order valence-electron chi connectivity index (χ4n) is 1.58. The first-order valence-corrected chi connectivity index (χ1v) is 4.57. The Hall–Kier alpha value is -2.48. The zero-order chi connectivity index (χ0) is 11.7. The number of anilines is 1. The van der Waals surface area contributed by atoms with Gasteiger partial charge >= 0.3 is 5.97 Å². The summed E-state index contributed by atoms with van der Waals surface area (Å²) >= 11 is 0. The molecule has 0 fully saturated rings. The zero-order valence-corrected chi connectivity index (χ0v) is 8.57. The van der Waals surface area contributed by atoms with Gasteiger partial charge in [-0.1, -0.05) is 6.07 Å². The number of rotatable bonds is 1. The van der Waals surface area contributed by atoms with Gasteiger partial charge in [0.15, 0.2) is 0 Å². The fourth-order valence-corrected chi connectivity index (χ4v) is 1.58. The van der Waals surface area contributed by atoms with Gasteiger partial charge in [0.2, 0.25) is 0 Å². The van der Waals surface area contributed by atoms with Gasteiger partial charge in [-0.25, -0.2) is 4.79 Å². The summed E-state index contributed by atoms with van der Waals surface area (Å²) in [4.78, 5) is 14.1. The third kappa shape index (κ3) is 1.37. The Morgan fingerprint density at radius 2 is 2.31 bits per heavy atom. The molecule has 1 aromatic carbocycles. The van der Waals surface area contributed by atoms with Crippen LogP contribution in [0.25, 0.3) is 10.9 Å². The molecule has 0 unspecified atom stereocenters. The van der Waals surface area contributed by atoms with E-state index in [0.29, 0.717) is 27.8 Å². The van der Waals surface area contributed by atoms with Gasteiger partial charge in [0.05, 0.1) is 12.7 Å². The van der Waals surface area contributed by atoms with Crippen LogP contribution in [0.5, 0.6) is 0 Å². The molecule has 0 aliphatic carbocycles. The van der Waals surface area contributed by atoms with Crippen molar-refractivity contribution in [3.8, 4) is 6.07 Å². The molecule has 80 valence electrons. The van der Waals surface area contributed by atoms with Crippen molar-refractivity contribution >= 4 is 22.7 Å². The minimum Gasteiger partial charge on any atom is -0.465 e. The van der Waals surface area contributed by atoms with Gasteiger partial charge in [-0.15, -0.1) is 0 Å². The highest BCUT2D eigenvalue weighted by Gasteiger charge is 2.11. The monoisotopic (exact) mass is 215 g/mol. The van der Waals surface area contributed by atoms with E-state index in [1.54, 1.807) is 18.2 Å². The summed E-state index contributed by atoms with van der Waals surface area (Å²) < 4.78 is 4.60. The molecule has 0 saturated heterocycles. The summed E-state index contributed by atoms with van der Waals surface area (Å²) in [5, 5.41) is 9.59. The topological polar surface area (TPSA) is 91.9 Å². The summed E-state index contributed by atoms with van der Waals surface area (Å²) in [7, 11) is 1.32. The van der Waals surface area contributed by atoms with Crippen molar-refractivity contribution in [2.24, 2.45) is 0 Å². The molecule has 1 heterocycles. The van der Waals surface area contributed by atoms with Crippen LogP contribution in [0.2, 0.25) is 0 Å². The lowest BCUT2D eigenvalue weighted by Crippen LogP contribution is -2.00. The van der Waals surface area contributed by atoms with E-state index in [1.165, 1.54) is 7.11 Å². The predicted molar refractivity (Wildman–Crippen MR) is 58.8 cm³/mol. The maximum atomic E-state index is 11.3. The number of aromatic nitrogens is 1. The summed E-state index contributed by atoms with van der Waals surface area (Å²) in [5.41, 5.74) is 7.09. The standard InChI is InChI=1S/C11H9N3O2/c1-16-11(15)6-2-3-7-8(5-12)10(13)14-9(7)4-6/h2-4,14H,13H2,1H3. The molecule has 0 aliphatic rings. The molecule has 0 amide bonds. The second-order valence-corrected chi connectivity index (χ2v) is 3.28. The number of nitriles is 1. The number of hydrogen-bond donors (Lipinski definition) is 2. The average molecular weight is 215 g/mol. The van der Waals surface area contributed by atoms with Crippen LogP contribution in [-0.2, 0) is 4.74 Å². The molecule has 0 bridgehead atoms. The van der Waals surface area contributed by atoms with E-state index < -0.39 is 5.97 Å². The molecule has 0 atom stereocenters.